The van der Waals surface area contributed by atoms with Crippen molar-refractivity contribution in [3.8, 4) is 0 Å². The quantitative estimate of drug-likeness (QED) is 0.308. The molecule has 0 saturated heterocycles. The number of guanidine groups is 1. The van der Waals surface area contributed by atoms with Crippen molar-refractivity contribution in [1.82, 2.24) is 15.8 Å². The highest BCUT2D eigenvalue weighted by atomic mass is 127. The van der Waals surface area contributed by atoms with Crippen LogP contribution in [0.1, 0.15) is 43.4 Å². The monoisotopic (exact) mass is 538 g/mol. The summed E-state index contributed by atoms with van der Waals surface area (Å²) in [4.78, 5) is 4.47. The summed E-state index contributed by atoms with van der Waals surface area (Å²) in [6.07, 6.45) is 1.61. The Bertz CT molecular complexity index is 714. The topological polar surface area (TPSA) is 62.5 Å². The van der Waals surface area contributed by atoms with E-state index in [2.05, 4.69) is 43.6 Å². The summed E-state index contributed by atoms with van der Waals surface area (Å²) in [5, 5.41) is 10.6. The molecule has 144 valence electrons. The number of halogens is 3. The largest absolute Gasteiger partial charge is 0.361 e. The highest BCUT2D eigenvalue weighted by Gasteiger charge is 2.13. The molecule has 1 aromatic heterocycles. The van der Waals surface area contributed by atoms with Crippen LogP contribution < -0.4 is 10.6 Å². The number of aliphatic imine (C=N–C) groups is 1. The van der Waals surface area contributed by atoms with E-state index >= 15 is 0 Å². The van der Waals surface area contributed by atoms with Crippen LogP contribution in [-0.4, -0.2) is 17.7 Å². The molecule has 0 bridgehead atoms. The second-order valence-electron chi connectivity index (χ2n) is 5.52. The van der Waals surface area contributed by atoms with Gasteiger partial charge in [0.15, 0.2) is 5.96 Å². The van der Waals surface area contributed by atoms with Crippen molar-refractivity contribution in [2.24, 2.45) is 4.99 Å². The Kier molecular flexibility index (Phi) is 10.1. The van der Waals surface area contributed by atoms with Crippen molar-refractivity contribution < 1.29 is 8.91 Å². The van der Waals surface area contributed by atoms with Gasteiger partial charge >= 0.3 is 0 Å². The number of rotatable bonds is 7. The summed E-state index contributed by atoms with van der Waals surface area (Å²) in [5.74, 6) is 1.25. The zero-order valence-electron chi connectivity index (χ0n) is 15.2. The predicted molar refractivity (Wildman–Crippen MR) is 116 cm³/mol. The van der Waals surface area contributed by atoms with Gasteiger partial charge in [-0.3, -0.25) is 0 Å². The first kappa shape index (κ1) is 22.9. The van der Waals surface area contributed by atoms with Gasteiger partial charge in [-0.05, 0) is 25.5 Å². The fourth-order valence-electron chi connectivity index (χ4n) is 2.47. The standard InChI is InChI=1S/C18H24BrFN4O.HI/c1-4-16-14(17(5-2)25-24-16)11-23-18(21-6-3)22-10-12-7-8-13(19)9-15(12)20;/h7-9H,4-6,10-11H2,1-3H3,(H2,21,22,23);1H. The zero-order valence-corrected chi connectivity index (χ0v) is 19.2. The lowest BCUT2D eigenvalue weighted by atomic mass is 10.1. The molecule has 1 heterocycles. The molecular weight excluding hydrogens is 514 g/mol. The molecule has 0 aliphatic carbocycles. The molecule has 0 aliphatic heterocycles. The van der Waals surface area contributed by atoms with E-state index in [1.165, 1.54) is 6.07 Å². The Hall–Kier alpha value is -1.16. The Morgan fingerprint density at radius 1 is 1.23 bits per heavy atom. The van der Waals surface area contributed by atoms with E-state index in [1.54, 1.807) is 6.07 Å². The number of nitrogens with one attached hydrogen (secondary N) is 2. The molecule has 0 amide bonds. The highest BCUT2D eigenvalue weighted by molar-refractivity contribution is 14.0. The number of benzene rings is 1. The van der Waals surface area contributed by atoms with Crippen molar-refractivity contribution in [2.45, 2.75) is 46.7 Å². The summed E-state index contributed by atoms with van der Waals surface area (Å²) < 4.78 is 20.0. The first-order chi connectivity index (χ1) is 12.1. The Morgan fingerprint density at radius 3 is 2.62 bits per heavy atom. The number of aromatic nitrogens is 1. The van der Waals surface area contributed by atoms with E-state index in [-0.39, 0.29) is 36.3 Å². The summed E-state index contributed by atoms with van der Waals surface area (Å²) >= 11 is 3.26. The van der Waals surface area contributed by atoms with Gasteiger partial charge in [-0.25, -0.2) is 9.38 Å². The van der Waals surface area contributed by atoms with Crippen LogP contribution in [0.2, 0.25) is 0 Å². The minimum absolute atomic E-state index is 0. The van der Waals surface area contributed by atoms with Gasteiger partial charge in [-0.1, -0.05) is 41.0 Å². The van der Waals surface area contributed by atoms with E-state index in [9.17, 15) is 4.39 Å². The molecular formula is C18H25BrFIN4O. The van der Waals surface area contributed by atoms with E-state index in [0.717, 1.165) is 40.9 Å². The van der Waals surface area contributed by atoms with Gasteiger partial charge in [-0.15, -0.1) is 24.0 Å². The van der Waals surface area contributed by atoms with Crippen LogP contribution in [0.3, 0.4) is 0 Å². The maximum Gasteiger partial charge on any atom is 0.191 e. The lowest BCUT2D eigenvalue weighted by Gasteiger charge is -2.12. The van der Waals surface area contributed by atoms with E-state index in [1.807, 2.05) is 19.9 Å². The third-order valence-electron chi connectivity index (χ3n) is 3.81. The second-order valence-corrected chi connectivity index (χ2v) is 6.44. The van der Waals surface area contributed by atoms with Gasteiger partial charge in [0.25, 0.3) is 0 Å². The average molecular weight is 539 g/mol. The molecule has 0 unspecified atom stereocenters. The Balaban J connectivity index is 0.00000338. The molecule has 0 spiro atoms. The summed E-state index contributed by atoms with van der Waals surface area (Å²) in [6, 6.07) is 4.99. The summed E-state index contributed by atoms with van der Waals surface area (Å²) in [6.45, 7) is 7.64. The summed E-state index contributed by atoms with van der Waals surface area (Å²) in [5.41, 5.74) is 2.58. The van der Waals surface area contributed by atoms with Crippen molar-refractivity contribution in [3.63, 3.8) is 0 Å². The predicted octanol–water partition coefficient (Wildman–Crippen LogP) is 4.57. The molecule has 0 aliphatic rings. The molecule has 0 radical (unpaired) electrons. The summed E-state index contributed by atoms with van der Waals surface area (Å²) in [7, 11) is 0. The molecule has 2 aromatic rings. The van der Waals surface area contributed by atoms with Crippen LogP contribution in [0.15, 0.2) is 32.2 Å². The van der Waals surface area contributed by atoms with Crippen LogP contribution in [0.25, 0.3) is 0 Å². The number of aryl methyl sites for hydroxylation is 2. The molecule has 1 aromatic carbocycles. The van der Waals surface area contributed by atoms with Crippen molar-refractivity contribution in [3.05, 3.63) is 51.1 Å². The molecule has 0 fully saturated rings. The van der Waals surface area contributed by atoms with E-state index in [0.29, 0.717) is 18.1 Å². The minimum Gasteiger partial charge on any atom is -0.361 e. The lowest BCUT2D eigenvalue weighted by Crippen LogP contribution is -2.37. The fraction of sp³-hybridized carbons (Fsp3) is 0.444. The van der Waals surface area contributed by atoms with Gasteiger partial charge in [-0.2, -0.15) is 0 Å². The average Bonchev–Trinajstić information content (AvgIpc) is 3.00. The van der Waals surface area contributed by atoms with Crippen molar-refractivity contribution in [1.29, 1.82) is 0 Å². The Labute approximate surface area is 179 Å². The van der Waals surface area contributed by atoms with Crippen LogP contribution in [0.5, 0.6) is 0 Å². The van der Waals surface area contributed by atoms with E-state index < -0.39 is 0 Å². The number of nitrogens with zero attached hydrogens (tertiary/aromatic N) is 2. The highest BCUT2D eigenvalue weighted by Crippen LogP contribution is 2.17. The van der Waals surface area contributed by atoms with Gasteiger partial charge in [0.05, 0.1) is 12.2 Å². The van der Waals surface area contributed by atoms with Crippen molar-refractivity contribution >= 4 is 45.9 Å². The lowest BCUT2D eigenvalue weighted by molar-refractivity contribution is 0.380. The smallest absolute Gasteiger partial charge is 0.191 e. The second kappa shape index (κ2) is 11.5. The first-order valence-corrected chi connectivity index (χ1v) is 9.30. The van der Waals surface area contributed by atoms with Crippen molar-refractivity contribution in [2.75, 3.05) is 6.54 Å². The third kappa shape index (κ3) is 6.22. The molecule has 8 heteroatoms. The molecule has 5 nitrogen and oxygen atoms in total. The van der Waals surface area contributed by atoms with Gasteiger partial charge in [0.1, 0.15) is 11.6 Å². The van der Waals surface area contributed by atoms with Crippen LogP contribution >= 0.6 is 39.9 Å². The molecule has 0 saturated carbocycles. The minimum atomic E-state index is -0.269. The van der Waals surface area contributed by atoms with Crippen LogP contribution in [0.4, 0.5) is 4.39 Å². The Morgan fingerprint density at radius 2 is 2.00 bits per heavy atom. The molecule has 2 N–H and O–H groups in total. The fourth-order valence-corrected chi connectivity index (χ4v) is 2.80. The third-order valence-corrected chi connectivity index (χ3v) is 4.30. The molecule has 0 atom stereocenters. The SMILES string of the molecule is CCNC(=NCc1ccc(Br)cc1F)NCc1c(CC)noc1CC.I. The molecule has 26 heavy (non-hydrogen) atoms. The van der Waals surface area contributed by atoms with Crippen LogP contribution in [0, 0.1) is 5.82 Å². The maximum absolute atomic E-state index is 13.9. The number of hydrogen-bond acceptors (Lipinski definition) is 3. The van der Waals surface area contributed by atoms with Gasteiger partial charge < -0.3 is 15.2 Å². The normalized spacial score (nSPS) is 11.2. The number of hydrogen-bond donors (Lipinski definition) is 2. The first-order valence-electron chi connectivity index (χ1n) is 8.51. The molecule has 2 rings (SSSR count). The van der Waals surface area contributed by atoms with Crippen LogP contribution in [-0.2, 0) is 25.9 Å². The maximum atomic E-state index is 13.9. The van der Waals surface area contributed by atoms with Gasteiger partial charge in [0, 0.05) is 35.1 Å². The van der Waals surface area contributed by atoms with E-state index in [4.69, 9.17) is 4.52 Å². The zero-order chi connectivity index (χ0) is 18.2. The van der Waals surface area contributed by atoms with Gasteiger partial charge in [0.2, 0.25) is 0 Å².